The van der Waals surface area contributed by atoms with Gasteiger partial charge < -0.3 is 14.6 Å². The molecule has 21 heavy (non-hydrogen) atoms. The SMILES string of the molecule is Cc1noc(C)c1CC(=O)NCCO[C@H]1CCCC[C@H]1C. The second-order valence-electron chi connectivity index (χ2n) is 6.00. The van der Waals surface area contributed by atoms with E-state index in [0.717, 1.165) is 23.4 Å². The summed E-state index contributed by atoms with van der Waals surface area (Å²) in [4.78, 5) is 11.9. The number of carbonyl (C=O) groups is 1. The molecule has 5 heteroatoms. The number of hydrogen-bond acceptors (Lipinski definition) is 4. The molecule has 2 atom stereocenters. The van der Waals surface area contributed by atoms with Crippen molar-refractivity contribution in [2.45, 2.75) is 59.0 Å². The van der Waals surface area contributed by atoms with Crippen molar-refractivity contribution in [2.75, 3.05) is 13.2 Å². The van der Waals surface area contributed by atoms with Crippen LogP contribution in [0.5, 0.6) is 0 Å². The second-order valence-corrected chi connectivity index (χ2v) is 6.00. The van der Waals surface area contributed by atoms with Crippen molar-refractivity contribution in [2.24, 2.45) is 5.92 Å². The number of hydrogen-bond donors (Lipinski definition) is 1. The average Bonchev–Trinajstić information content (AvgIpc) is 2.77. The molecule has 0 spiro atoms. The minimum atomic E-state index is -0.00954. The minimum Gasteiger partial charge on any atom is -0.376 e. The maximum Gasteiger partial charge on any atom is 0.224 e. The molecule has 0 unspecified atom stereocenters. The van der Waals surface area contributed by atoms with E-state index in [2.05, 4.69) is 17.4 Å². The van der Waals surface area contributed by atoms with Crippen LogP contribution >= 0.6 is 0 Å². The molecule has 2 rings (SSSR count). The van der Waals surface area contributed by atoms with E-state index < -0.39 is 0 Å². The second kappa shape index (κ2) is 7.59. The Morgan fingerprint density at radius 1 is 1.38 bits per heavy atom. The molecule has 0 radical (unpaired) electrons. The minimum absolute atomic E-state index is 0.00954. The monoisotopic (exact) mass is 294 g/mol. The van der Waals surface area contributed by atoms with Crippen molar-refractivity contribution >= 4 is 5.91 Å². The first-order valence-electron chi connectivity index (χ1n) is 7.88. The van der Waals surface area contributed by atoms with E-state index in [4.69, 9.17) is 9.26 Å². The number of aryl methyl sites for hydroxylation is 2. The Kier molecular flexibility index (Phi) is 5.79. The lowest BCUT2D eigenvalue weighted by molar-refractivity contribution is -0.120. The molecule has 118 valence electrons. The van der Waals surface area contributed by atoms with Crippen LogP contribution in [0.1, 0.15) is 49.6 Å². The fraction of sp³-hybridized carbons (Fsp3) is 0.750. The first-order chi connectivity index (χ1) is 10.1. The molecule has 0 saturated heterocycles. The fourth-order valence-electron chi connectivity index (χ4n) is 2.91. The molecule has 1 aromatic rings. The molecule has 0 aliphatic heterocycles. The van der Waals surface area contributed by atoms with Gasteiger partial charge in [-0.1, -0.05) is 24.9 Å². The van der Waals surface area contributed by atoms with Crippen molar-refractivity contribution in [3.05, 3.63) is 17.0 Å². The Balaban J connectivity index is 1.65. The highest BCUT2D eigenvalue weighted by Crippen LogP contribution is 2.25. The third kappa shape index (κ3) is 4.56. The molecule has 1 amide bonds. The Morgan fingerprint density at radius 2 is 2.14 bits per heavy atom. The Bertz CT molecular complexity index is 451. The van der Waals surface area contributed by atoms with Gasteiger partial charge in [-0.05, 0) is 32.6 Å². The van der Waals surface area contributed by atoms with E-state index in [1.807, 2.05) is 13.8 Å². The number of nitrogens with one attached hydrogen (secondary N) is 1. The van der Waals surface area contributed by atoms with Gasteiger partial charge in [-0.15, -0.1) is 0 Å². The summed E-state index contributed by atoms with van der Waals surface area (Å²) >= 11 is 0. The van der Waals surface area contributed by atoms with Crippen LogP contribution in [-0.4, -0.2) is 30.3 Å². The smallest absolute Gasteiger partial charge is 0.224 e. The van der Waals surface area contributed by atoms with E-state index in [9.17, 15) is 4.79 Å². The van der Waals surface area contributed by atoms with Crippen LogP contribution in [0.25, 0.3) is 0 Å². The molecule has 1 saturated carbocycles. The van der Waals surface area contributed by atoms with Crippen molar-refractivity contribution in [3.8, 4) is 0 Å². The molecule has 1 aliphatic carbocycles. The van der Waals surface area contributed by atoms with Crippen molar-refractivity contribution in [1.82, 2.24) is 10.5 Å². The third-order valence-corrected chi connectivity index (χ3v) is 4.31. The van der Waals surface area contributed by atoms with Gasteiger partial charge in [0.05, 0.1) is 24.8 Å². The highest BCUT2D eigenvalue weighted by atomic mass is 16.5. The molecule has 0 aromatic carbocycles. The van der Waals surface area contributed by atoms with E-state index in [1.54, 1.807) is 0 Å². The van der Waals surface area contributed by atoms with Gasteiger partial charge in [0.2, 0.25) is 5.91 Å². The van der Waals surface area contributed by atoms with Crippen molar-refractivity contribution in [1.29, 1.82) is 0 Å². The molecule has 1 heterocycles. The molecule has 1 aromatic heterocycles. The summed E-state index contributed by atoms with van der Waals surface area (Å²) in [5.74, 6) is 1.34. The topological polar surface area (TPSA) is 64.4 Å². The van der Waals surface area contributed by atoms with Crippen molar-refractivity contribution in [3.63, 3.8) is 0 Å². The quantitative estimate of drug-likeness (QED) is 0.819. The predicted octanol–water partition coefficient (Wildman–Crippen LogP) is 2.55. The molecule has 1 aliphatic rings. The molecule has 5 nitrogen and oxygen atoms in total. The summed E-state index contributed by atoms with van der Waals surface area (Å²) in [5, 5.41) is 6.75. The number of nitrogens with zero attached hydrogens (tertiary/aromatic N) is 1. The van der Waals surface area contributed by atoms with Crippen LogP contribution in [0.3, 0.4) is 0 Å². The maximum absolute atomic E-state index is 11.9. The molecule has 0 bridgehead atoms. The summed E-state index contributed by atoms with van der Waals surface area (Å²) in [6.07, 6.45) is 5.65. The van der Waals surface area contributed by atoms with Gasteiger partial charge in [0.1, 0.15) is 5.76 Å². The number of rotatable bonds is 6. The Morgan fingerprint density at radius 3 is 2.81 bits per heavy atom. The number of ether oxygens (including phenoxy) is 1. The number of aromatic nitrogens is 1. The van der Waals surface area contributed by atoms with Gasteiger partial charge in [0.25, 0.3) is 0 Å². The summed E-state index contributed by atoms with van der Waals surface area (Å²) < 4.78 is 10.9. The first-order valence-corrected chi connectivity index (χ1v) is 7.88. The van der Waals surface area contributed by atoms with Gasteiger partial charge >= 0.3 is 0 Å². The number of amides is 1. The van der Waals surface area contributed by atoms with Gasteiger partial charge in [0, 0.05) is 12.1 Å². The van der Waals surface area contributed by atoms with E-state index in [-0.39, 0.29) is 5.91 Å². The zero-order chi connectivity index (χ0) is 15.2. The molecular formula is C16H26N2O3. The van der Waals surface area contributed by atoms with Gasteiger partial charge in [-0.3, -0.25) is 4.79 Å². The standard InChI is InChI=1S/C16H26N2O3/c1-11-6-4-5-7-15(11)20-9-8-17-16(19)10-14-12(2)18-21-13(14)3/h11,15H,4-10H2,1-3H3,(H,17,19)/t11-,15+/m1/s1. The summed E-state index contributed by atoms with van der Waals surface area (Å²) in [6.45, 7) is 7.08. The van der Waals surface area contributed by atoms with Crippen molar-refractivity contribution < 1.29 is 14.1 Å². The molecular weight excluding hydrogens is 268 g/mol. The zero-order valence-corrected chi connectivity index (χ0v) is 13.3. The predicted molar refractivity (Wildman–Crippen MR) is 80.1 cm³/mol. The fourth-order valence-corrected chi connectivity index (χ4v) is 2.91. The molecule has 1 fully saturated rings. The zero-order valence-electron chi connectivity index (χ0n) is 13.3. The maximum atomic E-state index is 11.9. The van der Waals surface area contributed by atoms with Gasteiger partial charge in [-0.2, -0.15) is 0 Å². The summed E-state index contributed by atoms with van der Waals surface area (Å²) in [7, 11) is 0. The lowest BCUT2D eigenvalue weighted by Gasteiger charge is -2.28. The summed E-state index contributed by atoms with van der Waals surface area (Å²) in [6, 6.07) is 0. The summed E-state index contributed by atoms with van der Waals surface area (Å²) in [5.41, 5.74) is 1.67. The highest BCUT2D eigenvalue weighted by molar-refractivity contribution is 5.78. The Hall–Kier alpha value is -1.36. The lowest BCUT2D eigenvalue weighted by Crippen LogP contribution is -2.32. The Labute approximate surface area is 126 Å². The van der Waals surface area contributed by atoms with Gasteiger partial charge in [-0.25, -0.2) is 0 Å². The average molecular weight is 294 g/mol. The van der Waals surface area contributed by atoms with Gasteiger partial charge in [0.15, 0.2) is 0 Å². The molecule has 1 N–H and O–H groups in total. The van der Waals surface area contributed by atoms with E-state index >= 15 is 0 Å². The number of carbonyl (C=O) groups excluding carboxylic acids is 1. The van der Waals surface area contributed by atoms with Crippen LogP contribution in [0, 0.1) is 19.8 Å². The normalized spacial score (nSPS) is 22.2. The van der Waals surface area contributed by atoms with Crippen LogP contribution < -0.4 is 5.32 Å². The first kappa shape index (κ1) is 16.0. The van der Waals surface area contributed by atoms with Crippen LogP contribution in [-0.2, 0) is 16.0 Å². The largest absolute Gasteiger partial charge is 0.376 e. The highest BCUT2D eigenvalue weighted by Gasteiger charge is 2.21. The van der Waals surface area contributed by atoms with Crippen LogP contribution in [0.15, 0.2) is 4.52 Å². The van der Waals surface area contributed by atoms with Crippen LogP contribution in [0.4, 0.5) is 0 Å². The van der Waals surface area contributed by atoms with E-state index in [0.29, 0.717) is 31.6 Å². The van der Waals surface area contributed by atoms with E-state index in [1.165, 1.54) is 19.3 Å². The third-order valence-electron chi connectivity index (χ3n) is 4.31. The lowest BCUT2D eigenvalue weighted by atomic mass is 9.88. The van der Waals surface area contributed by atoms with Crippen LogP contribution in [0.2, 0.25) is 0 Å².